The van der Waals surface area contributed by atoms with Crippen molar-refractivity contribution in [2.45, 2.75) is 27.3 Å². The van der Waals surface area contributed by atoms with Crippen LogP contribution in [0.5, 0.6) is 0 Å². The molecule has 0 aromatic carbocycles. The van der Waals surface area contributed by atoms with Crippen LogP contribution >= 0.6 is 11.2 Å². The molecule has 0 aliphatic carbocycles. The Bertz CT molecular complexity index is 151. The van der Waals surface area contributed by atoms with Crippen molar-refractivity contribution in [3.05, 3.63) is 0 Å². The molecule has 0 fully saturated rings. The zero-order chi connectivity index (χ0) is 9.61. The predicted octanol–water partition coefficient (Wildman–Crippen LogP) is 1.26. The number of hydrogen-bond donors (Lipinski definition) is 0. The predicted molar refractivity (Wildman–Crippen MR) is 60.3 cm³/mol. The van der Waals surface area contributed by atoms with Crippen LogP contribution in [-0.2, 0) is 13.6 Å². The molecule has 0 aromatic heterocycles. The van der Waals surface area contributed by atoms with Crippen molar-refractivity contribution < 1.29 is 13.6 Å². The van der Waals surface area contributed by atoms with E-state index < -0.39 is 7.71 Å². The summed E-state index contributed by atoms with van der Waals surface area (Å²) in [6, 6.07) is 0. The number of rotatable bonds is 5. The van der Waals surface area contributed by atoms with E-state index in [4.69, 9.17) is 8.85 Å². The zero-order valence-electron chi connectivity index (χ0n) is 8.05. The topological polar surface area (TPSA) is 35.5 Å². The van der Waals surface area contributed by atoms with Crippen molar-refractivity contribution >= 4 is 42.9 Å². The Morgan fingerprint density at radius 2 is 1.69 bits per heavy atom. The molecule has 0 spiro atoms. The molecule has 0 aliphatic rings. The zero-order valence-corrected chi connectivity index (χ0v) is 9.86. The number of carbonyl (C=O) groups excluding carboxylic acids is 1. The SMILES string of the molecule is CCO[Si](C)(OCC)SC(C)=O.[LiH]. The molecule has 0 saturated carbocycles. The molecule has 74 valence electrons. The van der Waals surface area contributed by atoms with Gasteiger partial charge in [-0.25, -0.2) is 0 Å². The van der Waals surface area contributed by atoms with Crippen molar-refractivity contribution in [1.82, 2.24) is 0 Å². The van der Waals surface area contributed by atoms with E-state index in [1.165, 1.54) is 18.1 Å². The van der Waals surface area contributed by atoms with Gasteiger partial charge in [-0.2, -0.15) is 0 Å². The first-order valence-electron chi connectivity index (χ1n) is 4.01. The molecule has 6 heteroatoms. The molecule has 0 aromatic rings. The van der Waals surface area contributed by atoms with Gasteiger partial charge in [0.05, 0.1) is 0 Å². The maximum atomic E-state index is 10.8. The van der Waals surface area contributed by atoms with Crippen LogP contribution in [0.2, 0.25) is 6.55 Å². The van der Waals surface area contributed by atoms with Gasteiger partial charge in [0.2, 0.25) is 0 Å². The van der Waals surface area contributed by atoms with Gasteiger partial charge in [-0.15, -0.1) is 0 Å². The van der Waals surface area contributed by atoms with Crippen molar-refractivity contribution in [1.29, 1.82) is 0 Å². The molecule has 0 rings (SSSR count). The third-order valence-electron chi connectivity index (χ3n) is 1.14. The second kappa shape index (κ2) is 8.09. The molecule has 0 bridgehead atoms. The first-order chi connectivity index (χ1) is 5.54. The number of hydrogen-bond acceptors (Lipinski definition) is 4. The monoisotopic (exact) mass is 216 g/mol. The molecule has 0 unspecified atom stereocenters. The Morgan fingerprint density at radius 1 is 1.31 bits per heavy atom. The van der Waals surface area contributed by atoms with Crippen LogP contribution in [0.1, 0.15) is 20.8 Å². The maximum absolute atomic E-state index is 10.8. The Kier molecular flexibility index (Phi) is 10.1. The van der Waals surface area contributed by atoms with Crippen LogP contribution in [0.25, 0.3) is 0 Å². The van der Waals surface area contributed by atoms with E-state index in [0.29, 0.717) is 13.2 Å². The summed E-state index contributed by atoms with van der Waals surface area (Å²) in [6.45, 7) is 8.45. The van der Waals surface area contributed by atoms with E-state index in [1.54, 1.807) is 0 Å². The average Bonchev–Trinajstić information content (AvgIpc) is 1.85. The van der Waals surface area contributed by atoms with Crippen LogP contribution in [0.4, 0.5) is 0 Å². The van der Waals surface area contributed by atoms with Gasteiger partial charge in [0.15, 0.2) is 5.12 Å². The van der Waals surface area contributed by atoms with Gasteiger partial charge in [0, 0.05) is 20.1 Å². The summed E-state index contributed by atoms with van der Waals surface area (Å²) in [4.78, 5) is 10.8. The quantitative estimate of drug-likeness (QED) is 0.648. The first kappa shape index (κ1) is 16.2. The van der Waals surface area contributed by atoms with Crippen molar-refractivity contribution in [2.24, 2.45) is 0 Å². The fourth-order valence-electron chi connectivity index (χ4n) is 0.886. The normalized spacial score (nSPS) is 10.8. The molecule has 13 heavy (non-hydrogen) atoms. The summed E-state index contributed by atoms with van der Waals surface area (Å²) in [5, 5.41) is 0.0612. The fraction of sp³-hybridized carbons (Fsp3) is 0.857. The van der Waals surface area contributed by atoms with E-state index in [-0.39, 0.29) is 24.0 Å². The summed E-state index contributed by atoms with van der Waals surface area (Å²) in [6.07, 6.45) is 0. The number of carbonyl (C=O) groups is 1. The molecule has 0 amide bonds. The molecule has 0 radical (unpaired) electrons. The van der Waals surface area contributed by atoms with Crippen molar-refractivity contribution in [3.63, 3.8) is 0 Å². The van der Waals surface area contributed by atoms with E-state index in [2.05, 4.69) is 0 Å². The minimum atomic E-state index is -2.25. The van der Waals surface area contributed by atoms with Gasteiger partial charge < -0.3 is 8.85 Å². The molecular formula is C7H17LiO3SSi. The van der Waals surface area contributed by atoms with Crippen molar-refractivity contribution in [3.8, 4) is 0 Å². The molecule has 3 nitrogen and oxygen atoms in total. The van der Waals surface area contributed by atoms with Crippen LogP contribution < -0.4 is 0 Å². The minimum absolute atomic E-state index is 0. The third-order valence-corrected chi connectivity index (χ3v) is 6.11. The molecule has 0 atom stereocenters. The van der Waals surface area contributed by atoms with Gasteiger partial charge >= 0.3 is 26.6 Å². The first-order valence-corrected chi connectivity index (χ1v) is 7.87. The standard InChI is InChI=1S/C7H16O3SSi.Li.H/c1-5-9-12(4,10-6-2)11-7(3)8;;/h5-6H2,1-4H3;;. The van der Waals surface area contributed by atoms with Gasteiger partial charge in [0.25, 0.3) is 0 Å². The van der Waals surface area contributed by atoms with Crippen LogP contribution in [-0.4, -0.2) is 44.9 Å². The molecular weight excluding hydrogens is 199 g/mol. The molecule has 0 heterocycles. The second-order valence-corrected chi connectivity index (χ2v) is 8.24. The van der Waals surface area contributed by atoms with E-state index >= 15 is 0 Å². The van der Waals surface area contributed by atoms with E-state index in [9.17, 15) is 4.79 Å². The Labute approximate surface area is 97.0 Å². The van der Waals surface area contributed by atoms with Crippen LogP contribution in [0.3, 0.4) is 0 Å². The molecule has 0 saturated heterocycles. The van der Waals surface area contributed by atoms with Gasteiger partial charge in [0.1, 0.15) is 0 Å². The third kappa shape index (κ3) is 7.80. The Hall–Kier alpha value is 0.754. The Morgan fingerprint density at radius 3 is 1.92 bits per heavy atom. The summed E-state index contributed by atoms with van der Waals surface area (Å²) in [5.41, 5.74) is 0. The van der Waals surface area contributed by atoms with E-state index in [1.807, 2.05) is 20.4 Å². The summed E-state index contributed by atoms with van der Waals surface area (Å²) in [5.74, 6) is 0. The molecule has 0 aliphatic heterocycles. The fourth-order valence-corrected chi connectivity index (χ4v) is 5.29. The average molecular weight is 216 g/mol. The van der Waals surface area contributed by atoms with Crippen LogP contribution in [0.15, 0.2) is 0 Å². The summed E-state index contributed by atoms with van der Waals surface area (Å²) in [7, 11) is -2.25. The Balaban J connectivity index is 0. The van der Waals surface area contributed by atoms with Gasteiger partial charge in [-0.1, -0.05) is 11.2 Å². The summed E-state index contributed by atoms with van der Waals surface area (Å²) >= 11 is 1.21. The van der Waals surface area contributed by atoms with Crippen molar-refractivity contribution in [2.75, 3.05) is 13.2 Å². The second-order valence-electron chi connectivity index (χ2n) is 2.32. The molecule has 0 N–H and O–H groups in total. The van der Waals surface area contributed by atoms with Crippen LogP contribution in [0, 0.1) is 0 Å². The van der Waals surface area contributed by atoms with Gasteiger partial charge in [-0.05, 0) is 20.4 Å². The summed E-state index contributed by atoms with van der Waals surface area (Å²) < 4.78 is 10.9. The van der Waals surface area contributed by atoms with E-state index in [0.717, 1.165) is 0 Å². The van der Waals surface area contributed by atoms with Gasteiger partial charge in [-0.3, -0.25) is 4.79 Å².